The molecule has 2 saturated heterocycles. The molecular weight excluding hydrogens is 1230 g/mol. The van der Waals surface area contributed by atoms with E-state index in [9.17, 15) is 0 Å². The van der Waals surface area contributed by atoms with E-state index in [4.69, 9.17) is 14.2 Å². The normalized spacial score (nSPS) is 16.8. The third-order valence-corrected chi connectivity index (χ3v) is 20.9. The molecule has 0 aliphatic carbocycles. The van der Waals surface area contributed by atoms with Crippen molar-refractivity contribution in [1.82, 2.24) is 0 Å². The maximum absolute atomic E-state index is 15.8. The SMILES string of the molecule is CCCCCCOc1ccc(-c2ccc(-c3cc4c(c5ccccc35)C=CC(c3ccc(N5CCCC5)cc3)(c3ccccc3F)O4)cc2)cc1.CCCCCc1ccc(-c2ccc(-c3cc4c(c5ccccc35)C=CC(c3ccc(N5CCCC5)cc3)(c3ccccc3F)O4)cc2)cc1. The van der Waals surface area contributed by atoms with Crippen molar-refractivity contribution in [3.63, 3.8) is 0 Å². The summed E-state index contributed by atoms with van der Waals surface area (Å²) in [6.07, 6.45) is 22.8. The Bertz CT molecular complexity index is 4880. The lowest BCUT2D eigenvalue weighted by Crippen LogP contribution is -2.35. The van der Waals surface area contributed by atoms with E-state index in [0.717, 1.165) is 140 Å². The summed E-state index contributed by atoms with van der Waals surface area (Å²) in [4.78, 5) is 4.83. The Hall–Kier alpha value is -10.5. The zero-order valence-corrected chi connectivity index (χ0v) is 57.5. The third kappa shape index (κ3) is 13.3. The first-order valence-corrected chi connectivity index (χ1v) is 36.4. The van der Waals surface area contributed by atoms with Crippen LogP contribution in [0.15, 0.2) is 267 Å². The van der Waals surface area contributed by atoms with Crippen LogP contribution in [0.25, 0.3) is 78.2 Å². The van der Waals surface area contributed by atoms with Crippen molar-refractivity contribution < 1.29 is 23.0 Å². The molecule has 100 heavy (non-hydrogen) atoms. The number of unbranched alkanes of at least 4 members (excludes halogenated alkanes) is 5. The van der Waals surface area contributed by atoms with Crippen LogP contribution in [-0.2, 0) is 17.6 Å². The van der Waals surface area contributed by atoms with Crippen LogP contribution in [0.4, 0.5) is 20.2 Å². The minimum atomic E-state index is -1.13. The average Bonchev–Trinajstić information content (AvgIpc) is 0.955. The van der Waals surface area contributed by atoms with Crippen LogP contribution in [0.5, 0.6) is 17.2 Å². The average molecular weight is 1320 g/mol. The van der Waals surface area contributed by atoms with Crippen LogP contribution in [0, 0.1) is 11.6 Å². The highest BCUT2D eigenvalue weighted by Crippen LogP contribution is 2.50. The van der Waals surface area contributed by atoms with Gasteiger partial charge in [0.05, 0.1) is 6.61 Å². The highest BCUT2D eigenvalue weighted by molar-refractivity contribution is 6.05. The van der Waals surface area contributed by atoms with Gasteiger partial charge in [0.2, 0.25) is 0 Å². The van der Waals surface area contributed by atoms with Crippen molar-refractivity contribution in [2.24, 2.45) is 0 Å². The number of nitrogens with zero attached hydrogens (tertiary/aromatic N) is 2. The minimum absolute atomic E-state index is 0.287. The van der Waals surface area contributed by atoms with E-state index in [2.05, 4.69) is 242 Å². The first kappa shape index (κ1) is 65.4. The molecule has 0 amide bonds. The molecule has 12 aromatic carbocycles. The second kappa shape index (κ2) is 29.5. The molecular formula is C93H86F2N2O3. The van der Waals surface area contributed by atoms with Gasteiger partial charge >= 0.3 is 0 Å². The second-order valence-corrected chi connectivity index (χ2v) is 27.3. The number of fused-ring (bicyclic) bond motifs is 6. The van der Waals surface area contributed by atoms with E-state index in [0.29, 0.717) is 11.1 Å². The first-order valence-electron chi connectivity index (χ1n) is 36.4. The molecule has 2 unspecified atom stereocenters. The topological polar surface area (TPSA) is 34.2 Å². The molecule has 500 valence electrons. The molecule has 4 aliphatic rings. The van der Waals surface area contributed by atoms with Gasteiger partial charge in [-0.1, -0.05) is 240 Å². The van der Waals surface area contributed by atoms with Gasteiger partial charge in [0.15, 0.2) is 11.2 Å². The fraction of sp³-hybridized carbons (Fsp3) is 0.226. The summed E-state index contributed by atoms with van der Waals surface area (Å²) in [5.74, 6) is 1.80. The molecule has 0 bridgehead atoms. The molecule has 0 aromatic heterocycles. The zero-order chi connectivity index (χ0) is 67.8. The Morgan fingerprint density at radius 3 is 1.19 bits per heavy atom. The van der Waals surface area contributed by atoms with Crippen LogP contribution in [0.2, 0.25) is 0 Å². The molecule has 12 aromatic rings. The van der Waals surface area contributed by atoms with E-state index >= 15 is 8.78 Å². The van der Waals surface area contributed by atoms with E-state index in [1.807, 2.05) is 36.4 Å². The minimum Gasteiger partial charge on any atom is -0.494 e. The monoisotopic (exact) mass is 1320 g/mol. The molecule has 4 aliphatic heterocycles. The standard InChI is InChI=1S/C47H44FNO2.C46H42FNO/c1-2-3-4-11-32-50-39-26-20-35(21-27-39)34-16-18-36(19-17-34)43-33-46-42(40-12-5-6-13-41(40)43)28-29-47(51-46,44-14-7-8-15-45(44)48)37-22-24-38(25-23-37)49-30-9-10-31-49;1-2-3-4-11-33-16-18-34(19-17-33)35-20-22-36(23-21-35)42-32-45-41(39-12-5-6-13-40(39)42)28-29-46(49-45,43-14-7-8-15-44(43)47)37-24-26-38(27-25-37)48-30-9-10-31-48/h5-8,12-29,33H,2-4,9-11,30-32H2,1H3;5-8,12-29,32H,2-4,9-11,30-31H2,1H3. The second-order valence-electron chi connectivity index (χ2n) is 27.3. The molecule has 4 heterocycles. The predicted molar refractivity (Wildman–Crippen MR) is 412 cm³/mol. The van der Waals surface area contributed by atoms with Gasteiger partial charge in [-0.3, -0.25) is 0 Å². The Balaban J connectivity index is 0.000000163. The van der Waals surface area contributed by atoms with Gasteiger partial charge in [-0.15, -0.1) is 0 Å². The summed E-state index contributed by atoms with van der Waals surface area (Å²) in [5, 5.41) is 4.51. The van der Waals surface area contributed by atoms with Crippen molar-refractivity contribution in [2.75, 3.05) is 42.6 Å². The summed E-state index contributed by atoms with van der Waals surface area (Å²) in [6.45, 7) is 9.51. The fourth-order valence-electron chi connectivity index (χ4n) is 15.4. The van der Waals surface area contributed by atoms with E-state index in [1.165, 1.54) is 104 Å². The lowest BCUT2D eigenvalue weighted by molar-refractivity contribution is 0.156. The number of halogens is 2. The van der Waals surface area contributed by atoms with E-state index < -0.39 is 11.2 Å². The Morgan fingerprint density at radius 2 is 0.760 bits per heavy atom. The zero-order valence-electron chi connectivity index (χ0n) is 57.5. The van der Waals surface area contributed by atoms with Crippen molar-refractivity contribution in [3.8, 4) is 61.8 Å². The Kier molecular flexibility index (Phi) is 19.3. The highest BCUT2D eigenvalue weighted by Gasteiger charge is 2.42. The van der Waals surface area contributed by atoms with Gasteiger partial charge in [0.1, 0.15) is 28.9 Å². The molecule has 16 rings (SSSR count). The van der Waals surface area contributed by atoms with Gasteiger partial charge < -0.3 is 24.0 Å². The number of rotatable bonds is 20. The number of hydrogen-bond donors (Lipinski definition) is 0. The molecule has 0 radical (unpaired) electrons. The number of hydrogen-bond acceptors (Lipinski definition) is 5. The largest absolute Gasteiger partial charge is 0.494 e. The van der Waals surface area contributed by atoms with Crippen LogP contribution < -0.4 is 24.0 Å². The van der Waals surface area contributed by atoms with Crippen LogP contribution in [0.3, 0.4) is 0 Å². The maximum Gasteiger partial charge on any atom is 0.180 e. The molecule has 0 spiro atoms. The smallest absolute Gasteiger partial charge is 0.180 e. The summed E-state index contributed by atoms with van der Waals surface area (Å²) in [7, 11) is 0. The third-order valence-electron chi connectivity index (χ3n) is 20.9. The van der Waals surface area contributed by atoms with Crippen molar-refractivity contribution >= 4 is 45.1 Å². The predicted octanol–water partition coefficient (Wildman–Crippen LogP) is 24.2. The van der Waals surface area contributed by atoms with Crippen molar-refractivity contribution in [3.05, 3.63) is 318 Å². The van der Waals surface area contributed by atoms with E-state index in [1.54, 1.807) is 12.1 Å². The fourth-order valence-corrected chi connectivity index (χ4v) is 15.4. The lowest BCUT2D eigenvalue weighted by atomic mass is 9.82. The van der Waals surface area contributed by atoms with Gasteiger partial charge in [-0.25, -0.2) is 8.78 Å². The summed E-state index contributed by atoms with van der Waals surface area (Å²) >= 11 is 0. The maximum atomic E-state index is 15.8. The lowest BCUT2D eigenvalue weighted by Gasteiger charge is -2.37. The van der Waals surface area contributed by atoms with Gasteiger partial charge in [0, 0.05) is 70.9 Å². The molecule has 0 N–H and O–H groups in total. The van der Waals surface area contributed by atoms with Gasteiger partial charge in [-0.2, -0.15) is 0 Å². The summed E-state index contributed by atoms with van der Waals surface area (Å²) in [5.41, 5.74) is 15.4. The highest BCUT2D eigenvalue weighted by atomic mass is 19.1. The van der Waals surface area contributed by atoms with Crippen LogP contribution in [0.1, 0.15) is 123 Å². The van der Waals surface area contributed by atoms with Crippen LogP contribution >= 0.6 is 0 Å². The summed E-state index contributed by atoms with van der Waals surface area (Å²) < 4.78 is 51.7. The molecule has 5 nitrogen and oxygen atoms in total. The molecule has 2 fully saturated rings. The number of aryl methyl sites for hydroxylation is 1. The van der Waals surface area contributed by atoms with E-state index in [-0.39, 0.29) is 11.6 Å². The van der Waals surface area contributed by atoms with Crippen molar-refractivity contribution in [2.45, 2.75) is 102 Å². The molecule has 2 atom stereocenters. The van der Waals surface area contributed by atoms with Gasteiger partial charge in [-0.05, 0) is 202 Å². The van der Waals surface area contributed by atoms with Gasteiger partial charge in [0.25, 0.3) is 0 Å². The van der Waals surface area contributed by atoms with Crippen LogP contribution in [-0.4, -0.2) is 32.8 Å². The Labute approximate surface area is 588 Å². The first-order chi connectivity index (χ1) is 49.3. The Morgan fingerprint density at radius 1 is 0.380 bits per heavy atom. The summed E-state index contributed by atoms with van der Waals surface area (Å²) in [6, 6.07) is 87.2. The van der Waals surface area contributed by atoms with Crippen molar-refractivity contribution in [1.29, 1.82) is 0 Å². The number of ether oxygens (including phenoxy) is 3. The molecule has 7 heteroatoms. The number of benzene rings is 12. The quantitative estimate of drug-likeness (QED) is 0.0711. The molecule has 0 saturated carbocycles. The number of anilines is 2.